The molecule has 1 heterocycles. The highest BCUT2D eigenvalue weighted by atomic mass is 16.2. The largest absolute Gasteiger partial charge is 0.349 e. The Balaban J connectivity index is 1.55. The number of rotatable bonds is 5. The van der Waals surface area contributed by atoms with Gasteiger partial charge in [-0.2, -0.15) is 0 Å². The lowest BCUT2D eigenvalue weighted by molar-refractivity contribution is -0.137. The molecule has 0 aromatic heterocycles. The minimum atomic E-state index is -0.0705. The van der Waals surface area contributed by atoms with E-state index in [4.69, 9.17) is 0 Å². The summed E-state index contributed by atoms with van der Waals surface area (Å²) in [7, 11) is 0. The molecule has 2 amide bonds. The number of benzene rings is 1. The third-order valence-corrected chi connectivity index (χ3v) is 5.28. The van der Waals surface area contributed by atoms with E-state index in [-0.39, 0.29) is 29.7 Å². The van der Waals surface area contributed by atoms with Crippen LogP contribution in [0.1, 0.15) is 56.7 Å². The van der Waals surface area contributed by atoms with Crippen LogP contribution in [-0.4, -0.2) is 29.8 Å². The summed E-state index contributed by atoms with van der Waals surface area (Å²) in [6.07, 6.45) is 4.87. The van der Waals surface area contributed by atoms with Gasteiger partial charge in [-0.15, -0.1) is 0 Å². The van der Waals surface area contributed by atoms with E-state index in [1.54, 1.807) is 0 Å². The van der Waals surface area contributed by atoms with Gasteiger partial charge < -0.3 is 10.2 Å². The van der Waals surface area contributed by atoms with Gasteiger partial charge in [0.15, 0.2) is 0 Å². The van der Waals surface area contributed by atoms with Crippen molar-refractivity contribution in [3.8, 4) is 0 Å². The van der Waals surface area contributed by atoms with Crippen LogP contribution in [-0.2, 0) is 16.0 Å². The zero-order chi connectivity index (χ0) is 17.1. The van der Waals surface area contributed by atoms with E-state index < -0.39 is 0 Å². The summed E-state index contributed by atoms with van der Waals surface area (Å²) in [6.45, 7) is 5.56. The molecule has 0 radical (unpaired) electrons. The number of piperidine rings is 1. The number of carbonyl (C=O) groups excluding carboxylic acids is 2. The van der Waals surface area contributed by atoms with Gasteiger partial charge in [-0.05, 0) is 50.2 Å². The quantitative estimate of drug-likeness (QED) is 0.903. The smallest absolute Gasteiger partial charge is 0.225 e. The van der Waals surface area contributed by atoms with Gasteiger partial charge >= 0.3 is 0 Å². The third kappa shape index (κ3) is 3.97. The van der Waals surface area contributed by atoms with Gasteiger partial charge in [-0.1, -0.05) is 31.2 Å². The highest BCUT2D eigenvalue weighted by molar-refractivity contribution is 5.83. The molecule has 2 fully saturated rings. The Morgan fingerprint density at radius 1 is 1.17 bits per heavy atom. The van der Waals surface area contributed by atoms with Crippen LogP contribution in [0.25, 0.3) is 0 Å². The molecule has 0 spiro atoms. The molecular weight excluding hydrogens is 300 g/mol. The van der Waals surface area contributed by atoms with Crippen molar-refractivity contribution in [3.63, 3.8) is 0 Å². The summed E-state index contributed by atoms with van der Waals surface area (Å²) in [6, 6.07) is 8.42. The maximum atomic E-state index is 12.6. The molecule has 2 atom stereocenters. The number of nitrogens with zero attached hydrogens (tertiary/aromatic N) is 1. The van der Waals surface area contributed by atoms with E-state index in [2.05, 4.69) is 36.5 Å². The van der Waals surface area contributed by atoms with Crippen molar-refractivity contribution < 1.29 is 9.59 Å². The molecule has 0 bridgehead atoms. The number of likely N-dealkylation sites (tertiary alicyclic amines) is 1. The molecule has 1 N–H and O–H groups in total. The number of carbonyl (C=O) groups is 2. The fraction of sp³-hybridized carbons (Fsp3) is 0.600. The van der Waals surface area contributed by atoms with Crippen molar-refractivity contribution in [2.45, 2.75) is 52.0 Å². The summed E-state index contributed by atoms with van der Waals surface area (Å²) in [4.78, 5) is 26.7. The molecule has 1 saturated heterocycles. The van der Waals surface area contributed by atoms with Crippen LogP contribution in [0.15, 0.2) is 24.3 Å². The van der Waals surface area contributed by atoms with Crippen LogP contribution in [0.3, 0.4) is 0 Å². The minimum Gasteiger partial charge on any atom is -0.349 e. The molecule has 1 aliphatic carbocycles. The van der Waals surface area contributed by atoms with Crippen LogP contribution in [0.4, 0.5) is 0 Å². The molecule has 1 saturated carbocycles. The first-order chi connectivity index (χ1) is 11.6. The fourth-order valence-corrected chi connectivity index (χ4v) is 3.44. The standard InChI is InChI=1S/C20H28N2O2/c1-3-15-6-8-16(9-7-15)14(2)21-19(23)18-5-4-12-22(13-18)20(24)17-10-11-17/h6-9,14,17-18H,3-5,10-13H2,1-2H3,(H,21,23). The summed E-state index contributed by atoms with van der Waals surface area (Å²) in [5.74, 6) is 0.507. The molecule has 130 valence electrons. The molecule has 1 aliphatic heterocycles. The monoisotopic (exact) mass is 328 g/mol. The SMILES string of the molecule is CCc1ccc(C(C)NC(=O)C2CCCN(C(=O)C3CC3)C2)cc1. The Kier molecular flexibility index (Phi) is 5.22. The van der Waals surface area contributed by atoms with E-state index in [9.17, 15) is 9.59 Å². The maximum Gasteiger partial charge on any atom is 0.225 e. The second kappa shape index (κ2) is 7.37. The van der Waals surface area contributed by atoms with Crippen molar-refractivity contribution in [2.75, 3.05) is 13.1 Å². The third-order valence-electron chi connectivity index (χ3n) is 5.28. The highest BCUT2D eigenvalue weighted by Gasteiger charge is 2.36. The molecule has 1 aromatic rings. The molecule has 3 rings (SSSR count). The molecule has 4 heteroatoms. The number of hydrogen-bond donors (Lipinski definition) is 1. The van der Waals surface area contributed by atoms with Crippen LogP contribution in [0.5, 0.6) is 0 Å². The van der Waals surface area contributed by atoms with Crippen molar-refractivity contribution in [1.29, 1.82) is 0 Å². The van der Waals surface area contributed by atoms with Crippen LogP contribution in [0.2, 0.25) is 0 Å². The first-order valence-corrected chi connectivity index (χ1v) is 9.26. The van der Waals surface area contributed by atoms with E-state index >= 15 is 0 Å². The number of aryl methyl sites for hydroxylation is 1. The number of nitrogens with one attached hydrogen (secondary N) is 1. The van der Waals surface area contributed by atoms with Gasteiger partial charge in [-0.25, -0.2) is 0 Å². The average molecular weight is 328 g/mol. The van der Waals surface area contributed by atoms with Gasteiger partial charge in [0.05, 0.1) is 12.0 Å². The van der Waals surface area contributed by atoms with Gasteiger partial charge in [-0.3, -0.25) is 9.59 Å². The zero-order valence-electron chi connectivity index (χ0n) is 14.8. The summed E-state index contributed by atoms with van der Waals surface area (Å²) >= 11 is 0. The van der Waals surface area contributed by atoms with E-state index in [1.165, 1.54) is 5.56 Å². The van der Waals surface area contributed by atoms with E-state index in [1.807, 2.05) is 11.8 Å². The molecule has 2 unspecified atom stereocenters. The fourth-order valence-electron chi connectivity index (χ4n) is 3.44. The topological polar surface area (TPSA) is 49.4 Å². The molecule has 24 heavy (non-hydrogen) atoms. The van der Waals surface area contributed by atoms with Crippen molar-refractivity contribution in [2.24, 2.45) is 11.8 Å². The normalized spacial score (nSPS) is 22.1. The van der Waals surface area contributed by atoms with Gasteiger partial charge in [0.25, 0.3) is 0 Å². The van der Waals surface area contributed by atoms with Crippen LogP contribution >= 0.6 is 0 Å². The Hall–Kier alpha value is -1.84. The first kappa shape index (κ1) is 17.0. The first-order valence-electron chi connectivity index (χ1n) is 9.26. The maximum absolute atomic E-state index is 12.6. The summed E-state index contributed by atoms with van der Waals surface area (Å²) < 4.78 is 0. The lowest BCUT2D eigenvalue weighted by Gasteiger charge is -2.32. The molecule has 1 aromatic carbocycles. The Morgan fingerprint density at radius 3 is 2.50 bits per heavy atom. The highest BCUT2D eigenvalue weighted by Crippen LogP contribution is 2.32. The van der Waals surface area contributed by atoms with E-state index in [0.29, 0.717) is 6.54 Å². The van der Waals surface area contributed by atoms with Gasteiger partial charge in [0.1, 0.15) is 0 Å². The Labute approximate surface area is 144 Å². The second-order valence-electron chi connectivity index (χ2n) is 7.22. The number of amides is 2. The molecule has 2 aliphatic rings. The van der Waals surface area contributed by atoms with Gasteiger partial charge in [0, 0.05) is 19.0 Å². The van der Waals surface area contributed by atoms with Crippen LogP contribution in [0, 0.1) is 11.8 Å². The second-order valence-corrected chi connectivity index (χ2v) is 7.22. The zero-order valence-corrected chi connectivity index (χ0v) is 14.8. The van der Waals surface area contributed by atoms with Crippen molar-refractivity contribution in [3.05, 3.63) is 35.4 Å². The molecular formula is C20H28N2O2. The lowest BCUT2D eigenvalue weighted by Crippen LogP contribution is -2.46. The average Bonchev–Trinajstić information content (AvgIpc) is 3.46. The van der Waals surface area contributed by atoms with Crippen LogP contribution < -0.4 is 5.32 Å². The molecule has 4 nitrogen and oxygen atoms in total. The lowest BCUT2D eigenvalue weighted by atomic mass is 9.96. The van der Waals surface area contributed by atoms with Crippen molar-refractivity contribution in [1.82, 2.24) is 10.2 Å². The Morgan fingerprint density at radius 2 is 1.88 bits per heavy atom. The Bertz CT molecular complexity index is 592. The minimum absolute atomic E-state index is 0.00193. The predicted molar refractivity (Wildman–Crippen MR) is 94.4 cm³/mol. The van der Waals surface area contributed by atoms with Crippen molar-refractivity contribution >= 4 is 11.8 Å². The van der Waals surface area contributed by atoms with E-state index in [0.717, 1.165) is 44.2 Å². The number of hydrogen-bond acceptors (Lipinski definition) is 2. The summed E-state index contributed by atoms with van der Waals surface area (Å²) in [5, 5.41) is 3.13. The van der Waals surface area contributed by atoms with Gasteiger partial charge in [0.2, 0.25) is 11.8 Å². The summed E-state index contributed by atoms with van der Waals surface area (Å²) in [5.41, 5.74) is 2.43. The predicted octanol–water partition coefficient (Wildman–Crippen LogP) is 3.07.